The molecule has 0 radical (unpaired) electrons. The first kappa shape index (κ1) is 21.0. The van der Waals surface area contributed by atoms with Crippen molar-refractivity contribution in [3.63, 3.8) is 0 Å². The zero-order valence-corrected chi connectivity index (χ0v) is 16.9. The van der Waals surface area contributed by atoms with Gasteiger partial charge in [0.2, 0.25) is 0 Å². The first-order valence-electron chi connectivity index (χ1n) is 9.97. The second-order valence-corrected chi connectivity index (χ2v) is 8.80. The highest BCUT2D eigenvalue weighted by Gasteiger charge is 2.35. The van der Waals surface area contributed by atoms with Crippen LogP contribution in [0.4, 0.5) is 4.79 Å². The first-order chi connectivity index (χ1) is 12.2. The molecule has 0 aromatic heterocycles. The number of carbonyl (C=O) groups excluding carboxylic acids is 2. The van der Waals surface area contributed by atoms with Crippen molar-refractivity contribution in [3.05, 3.63) is 0 Å². The van der Waals surface area contributed by atoms with E-state index >= 15 is 0 Å². The molecule has 6 heteroatoms. The minimum absolute atomic E-state index is 0.0595. The molecule has 2 rings (SSSR count). The van der Waals surface area contributed by atoms with Gasteiger partial charge in [0.1, 0.15) is 17.7 Å². The predicted molar refractivity (Wildman–Crippen MR) is 98.8 cm³/mol. The third-order valence-corrected chi connectivity index (χ3v) is 4.94. The Hall–Kier alpha value is -1.30. The van der Waals surface area contributed by atoms with Crippen LogP contribution in [-0.4, -0.2) is 42.5 Å². The normalized spacial score (nSPS) is 21.7. The Morgan fingerprint density at radius 3 is 2.23 bits per heavy atom. The lowest BCUT2D eigenvalue weighted by Gasteiger charge is -2.30. The van der Waals surface area contributed by atoms with E-state index in [0.29, 0.717) is 11.8 Å². The van der Waals surface area contributed by atoms with Gasteiger partial charge in [0, 0.05) is 6.61 Å². The number of ether oxygens (including phenoxy) is 3. The molecule has 3 atom stereocenters. The first-order valence-corrected chi connectivity index (χ1v) is 9.97. The van der Waals surface area contributed by atoms with Gasteiger partial charge in [0.05, 0.1) is 6.10 Å². The van der Waals surface area contributed by atoms with Gasteiger partial charge >= 0.3 is 12.1 Å². The average Bonchev–Trinajstić information content (AvgIpc) is 3.18. The van der Waals surface area contributed by atoms with Crippen LogP contribution in [0.5, 0.6) is 0 Å². The maximum absolute atomic E-state index is 12.4. The van der Waals surface area contributed by atoms with Gasteiger partial charge in [-0.05, 0) is 72.1 Å². The minimum atomic E-state index is -0.764. The maximum Gasteiger partial charge on any atom is 0.408 e. The quantitative estimate of drug-likeness (QED) is 0.659. The molecule has 0 saturated heterocycles. The van der Waals surface area contributed by atoms with Crippen molar-refractivity contribution < 1.29 is 23.8 Å². The molecule has 1 N–H and O–H groups in total. The third-order valence-electron chi connectivity index (χ3n) is 4.94. The summed E-state index contributed by atoms with van der Waals surface area (Å²) >= 11 is 0. The Bertz CT molecular complexity index is 477. The van der Waals surface area contributed by atoms with Crippen LogP contribution >= 0.6 is 0 Å². The van der Waals surface area contributed by atoms with Crippen LogP contribution in [0.15, 0.2) is 0 Å². The van der Waals surface area contributed by atoms with Gasteiger partial charge in [-0.25, -0.2) is 9.59 Å². The van der Waals surface area contributed by atoms with E-state index in [1.807, 2.05) is 6.92 Å². The third kappa shape index (κ3) is 7.14. The van der Waals surface area contributed by atoms with Crippen molar-refractivity contribution in [1.29, 1.82) is 0 Å². The number of esters is 1. The Morgan fingerprint density at radius 1 is 1.08 bits per heavy atom. The highest BCUT2D eigenvalue weighted by atomic mass is 16.6. The Morgan fingerprint density at radius 2 is 1.69 bits per heavy atom. The van der Waals surface area contributed by atoms with Crippen LogP contribution in [0.2, 0.25) is 0 Å². The number of hydrogen-bond acceptors (Lipinski definition) is 5. The summed E-state index contributed by atoms with van der Waals surface area (Å²) in [6.45, 7) is 9.60. The summed E-state index contributed by atoms with van der Waals surface area (Å²) in [5.41, 5.74) is -0.606. The smallest absolute Gasteiger partial charge is 0.408 e. The summed E-state index contributed by atoms with van der Waals surface area (Å²) in [6, 6.07) is -0.764. The summed E-state index contributed by atoms with van der Waals surface area (Å²) < 4.78 is 17.0. The number of rotatable bonds is 8. The van der Waals surface area contributed by atoms with Crippen molar-refractivity contribution >= 4 is 12.1 Å². The molecule has 2 aliphatic carbocycles. The van der Waals surface area contributed by atoms with Crippen LogP contribution in [0, 0.1) is 11.8 Å². The molecule has 1 amide bonds. The van der Waals surface area contributed by atoms with E-state index in [9.17, 15) is 9.59 Å². The number of hydrogen-bond donors (Lipinski definition) is 1. The van der Waals surface area contributed by atoms with Gasteiger partial charge < -0.3 is 19.5 Å². The zero-order valence-electron chi connectivity index (χ0n) is 16.9. The second-order valence-electron chi connectivity index (χ2n) is 8.80. The van der Waals surface area contributed by atoms with Crippen molar-refractivity contribution in [2.45, 2.75) is 97.0 Å². The second kappa shape index (κ2) is 9.07. The zero-order chi connectivity index (χ0) is 19.3. The Balaban J connectivity index is 1.84. The number of carbonyl (C=O) groups is 2. The van der Waals surface area contributed by atoms with Crippen molar-refractivity contribution in [1.82, 2.24) is 5.32 Å². The molecule has 2 fully saturated rings. The van der Waals surface area contributed by atoms with Crippen LogP contribution in [-0.2, 0) is 19.0 Å². The average molecular weight is 370 g/mol. The summed E-state index contributed by atoms with van der Waals surface area (Å²) in [4.78, 5) is 24.2. The Kier molecular flexibility index (Phi) is 7.33. The van der Waals surface area contributed by atoms with E-state index in [4.69, 9.17) is 14.2 Å². The molecule has 0 spiro atoms. The lowest BCUT2D eigenvalue weighted by atomic mass is 9.96. The van der Waals surface area contributed by atoms with Gasteiger partial charge in [-0.15, -0.1) is 0 Å². The topological polar surface area (TPSA) is 73.9 Å². The van der Waals surface area contributed by atoms with Crippen LogP contribution < -0.4 is 5.32 Å². The number of alkyl carbamates (subject to hydrolysis) is 1. The van der Waals surface area contributed by atoms with E-state index in [1.54, 1.807) is 27.7 Å². The Labute approximate surface area is 157 Å². The van der Waals surface area contributed by atoms with E-state index < -0.39 is 23.7 Å². The molecular weight excluding hydrogens is 334 g/mol. The van der Waals surface area contributed by atoms with Gasteiger partial charge in [-0.1, -0.05) is 12.8 Å². The fourth-order valence-electron chi connectivity index (χ4n) is 3.37. The maximum atomic E-state index is 12.4. The molecular formula is C20H35NO5. The lowest BCUT2D eigenvalue weighted by Crippen LogP contribution is -2.45. The SMILES string of the molecule is CC(NC(=O)OC(C)(C)C)C(=O)OC(C)C(OCC1CC1)C1CCCC1. The summed E-state index contributed by atoms with van der Waals surface area (Å²) in [5.74, 6) is 0.668. The fourth-order valence-corrected chi connectivity index (χ4v) is 3.37. The summed E-state index contributed by atoms with van der Waals surface area (Å²) in [5, 5.41) is 2.53. The minimum Gasteiger partial charge on any atom is -0.458 e. The standard InChI is InChI=1S/C20H35NO5/c1-13(21-19(23)26-20(3,4)5)18(22)25-14(2)17(16-8-6-7-9-16)24-12-15-10-11-15/h13-17H,6-12H2,1-5H3,(H,21,23). The van der Waals surface area contributed by atoms with Gasteiger partial charge in [-0.2, -0.15) is 0 Å². The van der Waals surface area contributed by atoms with Crippen LogP contribution in [0.3, 0.4) is 0 Å². The van der Waals surface area contributed by atoms with Gasteiger partial charge in [0.25, 0.3) is 0 Å². The summed E-state index contributed by atoms with van der Waals surface area (Å²) in [7, 11) is 0. The summed E-state index contributed by atoms with van der Waals surface area (Å²) in [6.07, 6.45) is 6.16. The largest absolute Gasteiger partial charge is 0.458 e. The molecule has 2 saturated carbocycles. The molecule has 0 aromatic rings. The number of nitrogens with one attached hydrogen (secondary N) is 1. The molecule has 0 bridgehead atoms. The molecule has 0 heterocycles. The molecule has 26 heavy (non-hydrogen) atoms. The molecule has 3 unspecified atom stereocenters. The molecule has 2 aliphatic rings. The van der Waals surface area contributed by atoms with Crippen molar-refractivity contribution in [3.8, 4) is 0 Å². The lowest BCUT2D eigenvalue weighted by molar-refractivity contribution is -0.161. The van der Waals surface area contributed by atoms with E-state index in [0.717, 1.165) is 19.4 Å². The predicted octanol–water partition coefficient (Wildman–Crippen LogP) is 3.82. The van der Waals surface area contributed by atoms with E-state index in [2.05, 4.69) is 5.32 Å². The van der Waals surface area contributed by atoms with Crippen LogP contribution in [0.1, 0.15) is 73.1 Å². The van der Waals surface area contributed by atoms with E-state index in [-0.39, 0.29) is 12.2 Å². The fraction of sp³-hybridized carbons (Fsp3) is 0.900. The highest BCUT2D eigenvalue weighted by Crippen LogP contribution is 2.34. The van der Waals surface area contributed by atoms with Gasteiger partial charge in [-0.3, -0.25) is 0 Å². The monoisotopic (exact) mass is 369 g/mol. The van der Waals surface area contributed by atoms with Crippen molar-refractivity contribution in [2.24, 2.45) is 11.8 Å². The molecule has 6 nitrogen and oxygen atoms in total. The van der Waals surface area contributed by atoms with Crippen LogP contribution in [0.25, 0.3) is 0 Å². The highest BCUT2D eigenvalue weighted by molar-refractivity contribution is 5.81. The van der Waals surface area contributed by atoms with Gasteiger partial charge in [0.15, 0.2) is 0 Å². The molecule has 0 aliphatic heterocycles. The molecule has 150 valence electrons. The van der Waals surface area contributed by atoms with E-state index in [1.165, 1.54) is 25.7 Å². The number of amides is 1. The molecule has 0 aromatic carbocycles. The van der Waals surface area contributed by atoms with Crippen molar-refractivity contribution in [2.75, 3.05) is 6.61 Å².